The standard InChI is InChI=1S/C12H11N3O3/c16-11(15-6-8-3-4-13-5-8)10-2-1-9(7-14-10)12(17)18/h1-5,7,13H,6H2,(H,15,16)(H,17,18). The first-order chi connectivity index (χ1) is 8.66. The van der Waals surface area contributed by atoms with Gasteiger partial charge in [-0.3, -0.25) is 9.78 Å². The molecule has 0 aromatic carbocycles. The molecule has 0 aliphatic rings. The van der Waals surface area contributed by atoms with Gasteiger partial charge >= 0.3 is 5.97 Å². The van der Waals surface area contributed by atoms with Gasteiger partial charge in [0.2, 0.25) is 0 Å². The molecule has 0 radical (unpaired) electrons. The van der Waals surface area contributed by atoms with Crippen LogP contribution in [0.5, 0.6) is 0 Å². The number of rotatable bonds is 4. The second-order valence-electron chi connectivity index (χ2n) is 3.64. The first kappa shape index (κ1) is 11.8. The third kappa shape index (κ3) is 2.73. The number of nitrogens with one attached hydrogen (secondary N) is 2. The van der Waals surface area contributed by atoms with Crippen molar-refractivity contribution in [2.75, 3.05) is 0 Å². The second-order valence-corrected chi connectivity index (χ2v) is 3.64. The van der Waals surface area contributed by atoms with E-state index in [-0.39, 0.29) is 17.2 Å². The minimum absolute atomic E-state index is 0.0529. The van der Waals surface area contributed by atoms with Crippen LogP contribution in [-0.4, -0.2) is 27.0 Å². The summed E-state index contributed by atoms with van der Waals surface area (Å²) < 4.78 is 0. The molecule has 18 heavy (non-hydrogen) atoms. The molecule has 6 nitrogen and oxygen atoms in total. The molecule has 1 amide bonds. The Hall–Kier alpha value is -2.63. The highest BCUT2D eigenvalue weighted by Gasteiger charge is 2.09. The molecule has 0 fully saturated rings. The Balaban J connectivity index is 1.98. The van der Waals surface area contributed by atoms with E-state index >= 15 is 0 Å². The van der Waals surface area contributed by atoms with E-state index in [1.165, 1.54) is 12.1 Å². The zero-order valence-corrected chi connectivity index (χ0v) is 9.38. The molecule has 0 aliphatic carbocycles. The maximum atomic E-state index is 11.7. The Kier molecular flexibility index (Phi) is 3.38. The highest BCUT2D eigenvalue weighted by atomic mass is 16.4. The summed E-state index contributed by atoms with van der Waals surface area (Å²) in [6.07, 6.45) is 4.70. The number of nitrogens with zero attached hydrogens (tertiary/aromatic N) is 1. The molecule has 0 unspecified atom stereocenters. The molecule has 2 aromatic heterocycles. The van der Waals surface area contributed by atoms with Crippen molar-refractivity contribution in [2.45, 2.75) is 6.54 Å². The van der Waals surface area contributed by atoms with Gasteiger partial charge in [-0.1, -0.05) is 0 Å². The maximum absolute atomic E-state index is 11.7. The summed E-state index contributed by atoms with van der Waals surface area (Å²) in [6, 6.07) is 4.58. The average molecular weight is 245 g/mol. The number of H-pyrrole nitrogens is 1. The molecule has 6 heteroatoms. The van der Waals surface area contributed by atoms with Crippen LogP contribution in [0.3, 0.4) is 0 Å². The largest absolute Gasteiger partial charge is 0.478 e. The number of aromatic amines is 1. The van der Waals surface area contributed by atoms with Gasteiger partial charge < -0.3 is 15.4 Å². The number of amides is 1. The van der Waals surface area contributed by atoms with E-state index in [2.05, 4.69) is 15.3 Å². The third-order valence-corrected chi connectivity index (χ3v) is 2.36. The lowest BCUT2D eigenvalue weighted by atomic mass is 10.2. The molecule has 0 bridgehead atoms. The van der Waals surface area contributed by atoms with Crippen LogP contribution in [0.2, 0.25) is 0 Å². The molecular formula is C12H11N3O3. The average Bonchev–Trinajstić information content (AvgIpc) is 2.89. The fourth-order valence-corrected chi connectivity index (χ4v) is 1.40. The summed E-state index contributed by atoms with van der Waals surface area (Å²) in [5.74, 6) is -1.41. The van der Waals surface area contributed by atoms with Gasteiger partial charge in [-0.05, 0) is 23.8 Å². The molecule has 3 N–H and O–H groups in total. The van der Waals surface area contributed by atoms with Crippen LogP contribution in [0.1, 0.15) is 26.4 Å². The molecule has 2 aromatic rings. The van der Waals surface area contributed by atoms with E-state index in [1.54, 1.807) is 12.4 Å². The minimum atomic E-state index is -1.07. The lowest BCUT2D eigenvalue weighted by molar-refractivity contribution is 0.0695. The third-order valence-electron chi connectivity index (χ3n) is 2.36. The van der Waals surface area contributed by atoms with E-state index in [0.29, 0.717) is 6.54 Å². The summed E-state index contributed by atoms with van der Waals surface area (Å²) in [5.41, 5.74) is 1.19. The minimum Gasteiger partial charge on any atom is -0.478 e. The smallest absolute Gasteiger partial charge is 0.337 e. The number of carboxylic acids is 1. The summed E-state index contributed by atoms with van der Waals surface area (Å²) in [7, 11) is 0. The van der Waals surface area contributed by atoms with E-state index < -0.39 is 5.97 Å². The van der Waals surface area contributed by atoms with Crippen LogP contribution in [0.25, 0.3) is 0 Å². The molecule has 2 rings (SSSR count). The molecule has 0 aliphatic heterocycles. The van der Waals surface area contributed by atoms with E-state index in [9.17, 15) is 9.59 Å². The fraction of sp³-hybridized carbons (Fsp3) is 0.0833. The number of aromatic nitrogens is 2. The first-order valence-electron chi connectivity index (χ1n) is 5.26. The zero-order valence-electron chi connectivity index (χ0n) is 9.38. The topological polar surface area (TPSA) is 95.1 Å². The number of hydrogen-bond donors (Lipinski definition) is 3. The summed E-state index contributed by atoms with van der Waals surface area (Å²) in [4.78, 5) is 29.0. The normalized spacial score (nSPS) is 10.0. The summed E-state index contributed by atoms with van der Waals surface area (Å²) >= 11 is 0. The van der Waals surface area contributed by atoms with Crippen molar-refractivity contribution < 1.29 is 14.7 Å². The van der Waals surface area contributed by atoms with Crippen LogP contribution >= 0.6 is 0 Å². The van der Waals surface area contributed by atoms with E-state index in [1.807, 2.05) is 6.07 Å². The Morgan fingerprint density at radius 1 is 1.33 bits per heavy atom. The quantitative estimate of drug-likeness (QED) is 0.749. The van der Waals surface area contributed by atoms with Crippen molar-refractivity contribution in [3.63, 3.8) is 0 Å². The Morgan fingerprint density at radius 2 is 2.17 bits per heavy atom. The maximum Gasteiger partial charge on any atom is 0.337 e. The number of aromatic carboxylic acids is 1. The monoisotopic (exact) mass is 245 g/mol. The van der Waals surface area contributed by atoms with Crippen molar-refractivity contribution >= 4 is 11.9 Å². The Bertz CT molecular complexity index is 546. The SMILES string of the molecule is O=C(O)c1ccc(C(=O)NCc2cc[nH]c2)nc1. The molecule has 2 heterocycles. The predicted molar refractivity (Wildman–Crippen MR) is 63.2 cm³/mol. The second kappa shape index (κ2) is 5.13. The van der Waals surface area contributed by atoms with Gasteiger partial charge in [-0.25, -0.2) is 4.79 Å². The van der Waals surface area contributed by atoms with Crippen LogP contribution in [0, 0.1) is 0 Å². The number of carbonyl (C=O) groups is 2. The van der Waals surface area contributed by atoms with Crippen molar-refractivity contribution in [1.82, 2.24) is 15.3 Å². The van der Waals surface area contributed by atoms with E-state index in [4.69, 9.17) is 5.11 Å². The van der Waals surface area contributed by atoms with Crippen molar-refractivity contribution in [2.24, 2.45) is 0 Å². The van der Waals surface area contributed by atoms with Gasteiger partial charge in [0.1, 0.15) is 5.69 Å². The van der Waals surface area contributed by atoms with Gasteiger partial charge in [-0.2, -0.15) is 0 Å². The number of carbonyl (C=O) groups excluding carboxylic acids is 1. The van der Waals surface area contributed by atoms with Gasteiger partial charge in [-0.15, -0.1) is 0 Å². The number of carboxylic acid groups (broad SMARTS) is 1. The van der Waals surface area contributed by atoms with Crippen LogP contribution in [0.4, 0.5) is 0 Å². The first-order valence-corrected chi connectivity index (χ1v) is 5.26. The van der Waals surface area contributed by atoms with E-state index in [0.717, 1.165) is 11.8 Å². The van der Waals surface area contributed by atoms with Crippen molar-refractivity contribution in [1.29, 1.82) is 0 Å². The summed E-state index contributed by atoms with van der Waals surface area (Å²) in [5, 5.41) is 11.4. The van der Waals surface area contributed by atoms with Crippen molar-refractivity contribution in [3.8, 4) is 0 Å². The van der Waals surface area contributed by atoms with Gasteiger partial charge in [0.05, 0.1) is 5.56 Å². The Morgan fingerprint density at radius 3 is 2.72 bits per heavy atom. The molecule has 0 spiro atoms. The highest BCUT2D eigenvalue weighted by molar-refractivity contribution is 5.93. The molecular weight excluding hydrogens is 234 g/mol. The van der Waals surface area contributed by atoms with Crippen molar-refractivity contribution in [3.05, 3.63) is 53.6 Å². The highest BCUT2D eigenvalue weighted by Crippen LogP contribution is 2.01. The molecule has 0 atom stereocenters. The van der Waals surface area contributed by atoms with Gasteiger partial charge in [0.25, 0.3) is 5.91 Å². The number of pyridine rings is 1. The molecule has 0 saturated carbocycles. The van der Waals surface area contributed by atoms with Gasteiger partial charge in [0, 0.05) is 25.1 Å². The predicted octanol–water partition coefficient (Wildman–Crippen LogP) is 1.04. The zero-order chi connectivity index (χ0) is 13.0. The summed E-state index contributed by atoms with van der Waals surface area (Å²) in [6.45, 7) is 0.394. The molecule has 0 saturated heterocycles. The van der Waals surface area contributed by atoms with Gasteiger partial charge in [0.15, 0.2) is 0 Å². The fourth-order valence-electron chi connectivity index (χ4n) is 1.40. The lowest BCUT2D eigenvalue weighted by Crippen LogP contribution is -2.23. The van der Waals surface area contributed by atoms with Crippen LogP contribution < -0.4 is 5.32 Å². The van der Waals surface area contributed by atoms with Crippen LogP contribution in [0.15, 0.2) is 36.8 Å². The molecule has 92 valence electrons. The lowest BCUT2D eigenvalue weighted by Gasteiger charge is -2.03. The Labute approximate surface area is 103 Å². The van der Waals surface area contributed by atoms with Crippen LogP contribution in [-0.2, 0) is 6.54 Å². The number of hydrogen-bond acceptors (Lipinski definition) is 3.